The van der Waals surface area contributed by atoms with E-state index in [-0.39, 0.29) is 5.91 Å². The Hall–Kier alpha value is -2.97. The number of hydrogen-bond acceptors (Lipinski definition) is 7. The first-order valence-corrected chi connectivity index (χ1v) is 10.9. The van der Waals surface area contributed by atoms with Crippen LogP contribution in [0.3, 0.4) is 0 Å². The van der Waals surface area contributed by atoms with Crippen molar-refractivity contribution in [2.75, 3.05) is 25.1 Å². The van der Waals surface area contributed by atoms with Crippen LogP contribution in [0.25, 0.3) is 0 Å². The topological polar surface area (TPSA) is 76.6 Å². The molecule has 8 heteroatoms. The quantitative estimate of drug-likeness (QED) is 0.672. The molecule has 2 aromatic carbocycles. The van der Waals surface area contributed by atoms with Crippen LogP contribution in [0, 0.1) is 0 Å². The van der Waals surface area contributed by atoms with Gasteiger partial charge < -0.3 is 14.8 Å². The number of nitrogens with one attached hydrogen (secondary N) is 1. The minimum atomic E-state index is -0.227. The van der Waals surface area contributed by atoms with Gasteiger partial charge in [0.2, 0.25) is 5.01 Å². The van der Waals surface area contributed by atoms with Crippen LogP contribution < -0.4 is 14.8 Å². The summed E-state index contributed by atoms with van der Waals surface area (Å²) in [4.78, 5) is 14.8. The fourth-order valence-electron chi connectivity index (χ4n) is 3.95. The molecule has 1 unspecified atom stereocenters. The number of likely N-dealkylation sites (tertiary alicyclic amines) is 1. The van der Waals surface area contributed by atoms with E-state index in [0.29, 0.717) is 30.8 Å². The number of anilines is 1. The summed E-state index contributed by atoms with van der Waals surface area (Å²) in [6.07, 6.45) is 2.21. The number of rotatable bonds is 5. The molecule has 154 valence electrons. The molecule has 1 saturated heterocycles. The summed E-state index contributed by atoms with van der Waals surface area (Å²) in [5.41, 5.74) is 1.97. The van der Waals surface area contributed by atoms with Crippen LogP contribution in [-0.4, -0.2) is 40.8 Å². The number of amides is 1. The molecule has 1 aromatic heterocycles. The highest BCUT2D eigenvalue weighted by Gasteiger charge is 2.28. The van der Waals surface area contributed by atoms with Gasteiger partial charge in [-0.1, -0.05) is 35.6 Å². The van der Waals surface area contributed by atoms with E-state index in [0.717, 1.165) is 41.6 Å². The molecular weight excluding hydrogens is 400 g/mol. The Morgan fingerprint density at radius 3 is 2.80 bits per heavy atom. The lowest BCUT2D eigenvalue weighted by atomic mass is 10.0. The van der Waals surface area contributed by atoms with E-state index in [1.165, 1.54) is 16.9 Å². The molecule has 0 bridgehead atoms. The number of carbonyl (C=O) groups excluding carboxylic acids is 1. The molecule has 1 fully saturated rings. The van der Waals surface area contributed by atoms with Gasteiger partial charge in [-0.05, 0) is 49.2 Å². The highest BCUT2D eigenvalue weighted by molar-refractivity contribution is 7.13. The summed E-state index contributed by atoms with van der Waals surface area (Å²) in [6.45, 7) is 2.85. The maximum absolute atomic E-state index is 12.4. The molecule has 1 N–H and O–H groups in total. The molecule has 2 aliphatic rings. The second-order valence-electron chi connectivity index (χ2n) is 7.35. The first kappa shape index (κ1) is 19.0. The number of nitrogens with zero attached hydrogens (tertiary/aromatic N) is 3. The molecule has 3 aromatic rings. The highest BCUT2D eigenvalue weighted by Crippen LogP contribution is 2.38. The number of aromatic nitrogens is 2. The van der Waals surface area contributed by atoms with Crippen molar-refractivity contribution in [1.82, 2.24) is 15.1 Å². The first-order valence-electron chi connectivity index (χ1n) is 10.1. The third kappa shape index (κ3) is 4.01. The van der Waals surface area contributed by atoms with Gasteiger partial charge in [-0.2, -0.15) is 0 Å². The third-order valence-electron chi connectivity index (χ3n) is 5.35. The zero-order chi connectivity index (χ0) is 20.3. The maximum Gasteiger partial charge on any atom is 0.286 e. The van der Waals surface area contributed by atoms with Crippen molar-refractivity contribution in [2.45, 2.75) is 25.4 Å². The minimum absolute atomic E-state index is 0.227. The lowest BCUT2D eigenvalue weighted by molar-refractivity contribution is 0.102. The maximum atomic E-state index is 12.4. The molecule has 0 spiro atoms. The van der Waals surface area contributed by atoms with Crippen molar-refractivity contribution in [3.05, 3.63) is 64.1 Å². The van der Waals surface area contributed by atoms with E-state index >= 15 is 0 Å². The number of ether oxygens (including phenoxy) is 2. The summed E-state index contributed by atoms with van der Waals surface area (Å²) in [5, 5.41) is 12.4. The van der Waals surface area contributed by atoms with Gasteiger partial charge in [-0.25, -0.2) is 0 Å². The SMILES string of the molecule is O=C(Nc1ccccc1)c1nnc(CN2CCCC2c2ccc3c(c2)OCCO3)s1. The van der Waals surface area contributed by atoms with Crippen LogP contribution in [0.2, 0.25) is 0 Å². The van der Waals surface area contributed by atoms with Crippen molar-refractivity contribution in [3.63, 3.8) is 0 Å². The van der Waals surface area contributed by atoms with Crippen molar-refractivity contribution in [2.24, 2.45) is 0 Å². The van der Waals surface area contributed by atoms with Crippen molar-refractivity contribution < 1.29 is 14.3 Å². The predicted octanol–water partition coefficient (Wildman–Crippen LogP) is 3.90. The van der Waals surface area contributed by atoms with E-state index in [9.17, 15) is 4.79 Å². The highest BCUT2D eigenvalue weighted by atomic mass is 32.1. The molecule has 5 rings (SSSR count). The van der Waals surface area contributed by atoms with Crippen LogP contribution in [-0.2, 0) is 6.54 Å². The van der Waals surface area contributed by atoms with Crippen LogP contribution in [0.4, 0.5) is 5.69 Å². The lowest BCUT2D eigenvalue weighted by Gasteiger charge is -2.25. The second kappa shape index (κ2) is 8.41. The molecule has 1 amide bonds. The zero-order valence-corrected chi connectivity index (χ0v) is 17.2. The van der Waals surface area contributed by atoms with E-state index in [1.54, 1.807) is 0 Å². The molecule has 7 nitrogen and oxygen atoms in total. The minimum Gasteiger partial charge on any atom is -0.486 e. The van der Waals surface area contributed by atoms with Crippen molar-refractivity contribution in [3.8, 4) is 11.5 Å². The zero-order valence-electron chi connectivity index (χ0n) is 16.4. The van der Waals surface area contributed by atoms with Gasteiger partial charge >= 0.3 is 0 Å². The van der Waals surface area contributed by atoms with Gasteiger partial charge in [0.05, 0.1) is 6.54 Å². The fraction of sp³-hybridized carbons (Fsp3) is 0.318. The largest absolute Gasteiger partial charge is 0.486 e. The summed E-state index contributed by atoms with van der Waals surface area (Å²) >= 11 is 1.35. The first-order chi connectivity index (χ1) is 14.8. The van der Waals surface area contributed by atoms with Crippen LogP contribution in [0.5, 0.6) is 11.5 Å². The van der Waals surface area contributed by atoms with Crippen LogP contribution in [0.1, 0.15) is 39.3 Å². The summed E-state index contributed by atoms with van der Waals surface area (Å²) in [7, 11) is 0. The normalized spacial score (nSPS) is 18.3. The number of benzene rings is 2. The molecule has 2 aliphatic heterocycles. The Balaban J connectivity index is 1.27. The third-order valence-corrected chi connectivity index (χ3v) is 6.25. The predicted molar refractivity (Wildman–Crippen MR) is 114 cm³/mol. The van der Waals surface area contributed by atoms with Gasteiger partial charge in [-0.15, -0.1) is 10.2 Å². The molecular formula is C22H22N4O3S. The van der Waals surface area contributed by atoms with Gasteiger partial charge in [0.15, 0.2) is 11.5 Å². The van der Waals surface area contributed by atoms with E-state index < -0.39 is 0 Å². The monoisotopic (exact) mass is 422 g/mol. The van der Waals surface area contributed by atoms with Crippen LogP contribution in [0.15, 0.2) is 48.5 Å². The Kier molecular flexibility index (Phi) is 5.33. The van der Waals surface area contributed by atoms with E-state index in [2.05, 4.69) is 32.5 Å². The molecule has 0 radical (unpaired) electrons. The summed E-state index contributed by atoms with van der Waals surface area (Å²) in [5.74, 6) is 1.41. The molecule has 3 heterocycles. The molecule has 30 heavy (non-hydrogen) atoms. The number of carbonyl (C=O) groups is 1. The Morgan fingerprint density at radius 2 is 1.93 bits per heavy atom. The number of para-hydroxylation sites is 1. The van der Waals surface area contributed by atoms with Gasteiger partial charge in [0, 0.05) is 11.7 Å². The summed E-state index contributed by atoms with van der Waals surface area (Å²) in [6, 6.07) is 15.9. The van der Waals surface area contributed by atoms with Crippen LogP contribution >= 0.6 is 11.3 Å². The average molecular weight is 423 g/mol. The molecule has 0 saturated carbocycles. The number of hydrogen-bond donors (Lipinski definition) is 1. The molecule has 1 atom stereocenters. The number of fused-ring (bicyclic) bond motifs is 1. The van der Waals surface area contributed by atoms with Gasteiger partial charge in [0.25, 0.3) is 5.91 Å². The van der Waals surface area contributed by atoms with E-state index in [4.69, 9.17) is 9.47 Å². The lowest BCUT2D eigenvalue weighted by Crippen LogP contribution is -2.23. The summed E-state index contributed by atoms with van der Waals surface area (Å²) < 4.78 is 11.4. The van der Waals surface area contributed by atoms with Gasteiger partial charge in [0.1, 0.15) is 18.2 Å². The van der Waals surface area contributed by atoms with Gasteiger partial charge in [-0.3, -0.25) is 9.69 Å². The Morgan fingerprint density at radius 1 is 1.10 bits per heavy atom. The fourth-order valence-corrected chi connectivity index (χ4v) is 4.71. The molecule has 0 aliphatic carbocycles. The second-order valence-corrected chi connectivity index (χ2v) is 8.41. The van der Waals surface area contributed by atoms with Crippen molar-refractivity contribution >= 4 is 22.9 Å². The smallest absolute Gasteiger partial charge is 0.286 e. The van der Waals surface area contributed by atoms with E-state index in [1.807, 2.05) is 36.4 Å². The average Bonchev–Trinajstić information content (AvgIpc) is 3.44. The standard InChI is InChI=1S/C22H22N4O3S/c27-21(23-16-5-2-1-3-6-16)22-25-24-20(30-22)14-26-10-4-7-17(26)15-8-9-18-19(13-15)29-12-11-28-18/h1-3,5-6,8-9,13,17H,4,7,10-12,14H2,(H,23,27). The Bertz CT molecular complexity index is 1040. The Labute approximate surface area is 178 Å². The van der Waals surface area contributed by atoms with Crippen molar-refractivity contribution in [1.29, 1.82) is 0 Å².